The third-order valence-electron chi connectivity index (χ3n) is 2.51. The van der Waals surface area contributed by atoms with Gasteiger partial charge < -0.3 is 0 Å². The van der Waals surface area contributed by atoms with Gasteiger partial charge in [-0.1, -0.05) is 41.9 Å². The van der Waals surface area contributed by atoms with Gasteiger partial charge in [0.2, 0.25) is 10.0 Å². The van der Waals surface area contributed by atoms with Crippen LogP contribution in [0.5, 0.6) is 0 Å². The van der Waals surface area contributed by atoms with Crippen LogP contribution in [0, 0.1) is 0 Å². The highest BCUT2D eigenvalue weighted by Gasteiger charge is 2.14. The van der Waals surface area contributed by atoms with E-state index in [0.29, 0.717) is 9.50 Å². The van der Waals surface area contributed by atoms with E-state index in [1.165, 1.54) is 12.1 Å². The fourth-order valence-electron chi connectivity index (χ4n) is 1.50. The van der Waals surface area contributed by atoms with Crippen molar-refractivity contribution in [2.75, 3.05) is 0 Å². The Balaban J connectivity index is 2.16. The Bertz CT molecular complexity index is 674. The molecule has 100 valence electrons. The summed E-state index contributed by atoms with van der Waals surface area (Å²) in [6.07, 6.45) is 0. The number of benzene rings is 2. The van der Waals surface area contributed by atoms with E-state index in [1.807, 2.05) is 30.3 Å². The molecular weight excluding hydrogens is 350 g/mol. The summed E-state index contributed by atoms with van der Waals surface area (Å²) in [6.45, 7) is 0.247. The number of rotatable bonds is 4. The Morgan fingerprint density at radius 1 is 1.11 bits per heavy atom. The maximum Gasteiger partial charge on any atom is 0.240 e. The third kappa shape index (κ3) is 3.79. The number of hydrogen-bond donors (Lipinski definition) is 1. The molecule has 0 radical (unpaired) electrons. The average molecular weight is 361 g/mol. The molecule has 6 heteroatoms. The van der Waals surface area contributed by atoms with E-state index in [0.717, 1.165) is 5.56 Å². The first-order chi connectivity index (χ1) is 8.99. The van der Waals surface area contributed by atoms with Crippen molar-refractivity contribution in [3.63, 3.8) is 0 Å². The van der Waals surface area contributed by atoms with Crippen molar-refractivity contribution in [1.82, 2.24) is 4.72 Å². The normalized spacial score (nSPS) is 11.5. The summed E-state index contributed by atoms with van der Waals surface area (Å²) in [5, 5.41) is 0.364. The van der Waals surface area contributed by atoms with Gasteiger partial charge in [0.1, 0.15) is 0 Å². The molecule has 0 saturated heterocycles. The van der Waals surface area contributed by atoms with Crippen LogP contribution in [0.3, 0.4) is 0 Å². The summed E-state index contributed by atoms with van der Waals surface area (Å²) < 4.78 is 27.4. The van der Waals surface area contributed by atoms with E-state index in [-0.39, 0.29) is 11.4 Å². The van der Waals surface area contributed by atoms with E-state index in [1.54, 1.807) is 6.07 Å². The topological polar surface area (TPSA) is 46.2 Å². The molecular formula is C13H11BrClNO2S. The summed E-state index contributed by atoms with van der Waals surface area (Å²) in [7, 11) is -3.55. The minimum atomic E-state index is -3.55. The van der Waals surface area contributed by atoms with Crippen molar-refractivity contribution < 1.29 is 8.42 Å². The predicted molar refractivity (Wildman–Crippen MR) is 79.6 cm³/mol. The van der Waals surface area contributed by atoms with E-state index in [4.69, 9.17) is 11.6 Å². The van der Waals surface area contributed by atoms with Gasteiger partial charge in [-0.3, -0.25) is 0 Å². The highest BCUT2D eigenvalue weighted by atomic mass is 79.9. The molecule has 0 heterocycles. The summed E-state index contributed by atoms with van der Waals surface area (Å²) in [4.78, 5) is 0.150. The molecule has 0 saturated carbocycles. The molecule has 0 amide bonds. The Morgan fingerprint density at radius 2 is 1.79 bits per heavy atom. The average Bonchev–Trinajstić information content (AvgIpc) is 2.41. The van der Waals surface area contributed by atoms with Crippen LogP contribution in [-0.2, 0) is 16.6 Å². The SMILES string of the molecule is O=S(=O)(NCc1ccccc1)c1ccc(Br)c(Cl)c1. The van der Waals surface area contributed by atoms with Gasteiger partial charge in [0.25, 0.3) is 0 Å². The van der Waals surface area contributed by atoms with Gasteiger partial charge in [-0.15, -0.1) is 0 Å². The van der Waals surface area contributed by atoms with Crippen molar-refractivity contribution in [3.05, 3.63) is 63.6 Å². The first-order valence-electron chi connectivity index (χ1n) is 5.48. The maximum absolute atomic E-state index is 12.1. The highest BCUT2D eigenvalue weighted by molar-refractivity contribution is 9.10. The largest absolute Gasteiger partial charge is 0.240 e. The number of halogens is 2. The number of nitrogens with one attached hydrogen (secondary N) is 1. The summed E-state index contributed by atoms with van der Waals surface area (Å²) >= 11 is 9.12. The molecule has 0 fully saturated rings. The third-order valence-corrected chi connectivity index (χ3v) is 5.14. The van der Waals surface area contributed by atoms with E-state index < -0.39 is 10.0 Å². The van der Waals surface area contributed by atoms with Gasteiger partial charge >= 0.3 is 0 Å². The summed E-state index contributed by atoms with van der Waals surface area (Å²) in [5.41, 5.74) is 0.897. The standard InChI is InChI=1S/C13H11BrClNO2S/c14-12-7-6-11(8-13(12)15)19(17,18)16-9-10-4-2-1-3-5-10/h1-8,16H,9H2. The number of sulfonamides is 1. The maximum atomic E-state index is 12.1. The molecule has 19 heavy (non-hydrogen) atoms. The minimum Gasteiger partial charge on any atom is -0.207 e. The fraction of sp³-hybridized carbons (Fsp3) is 0.0769. The lowest BCUT2D eigenvalue weighted by atomic mass is 10.2. The molecule has 0 aromatic heterocycles. The highest BCUT2D eigenvalue weighted by Crippen LogP contribution is 2.25. The van der Waals surface area contributed by atoms with Crippen molar-refractivity contribution >= 4 is 37.6 Å². The Morgan fingerprint density at radius 3 is 2.42 bits per heavy atom. The molecule has 0 unspecified atom stereocenters. The van der Waals surface area contributed by atoms with E-state index in [2.05, 4.69) is 20.7 Å². The quantitative estimate of drug-likeness (QED) is 0.906. The molecule has 2 rings (SSSR count). The van der Waals surface area contributed by atoms with Crippen molar-refractivity contribution in [3.8, 4) is 0 Å². The van der Waals surface area contributed by atoms with Gasteiger partial charge in [0.05, 0.1) is 9.92 Å². The van der Waals surface area contributed by atoms with E-state index >= 15 is 0 Å². The van der Waals surface area contributed by atoms with Crippen LogP contribution in [0.2, 0.25) is 5.02 Å². The zero-order valence-corrected chi connectivity index (χ0v) is 13.0. The van der Waals surface area contributed by atoms with Gasteiger partial charge in [-0.2, -0.15) is 0 Å². The number of hydrogen-bond acceptors (Lipinski definition) is 2. The molecule has 0 aliphatic heterocycles. The van der Waals surface area contributed by atoms with Crippen LogP contribution in [0.1, 0.15) is 5.56 Å². The Labute approximate surface area is 125 Å². The van der Waals surface area contributed by atoms with E-state index in [9.17, 15) is 8.42 Å². The zero-order valence-electron chi connectivity index (χ0n) is 9.81. The Kier molecular flexibility index (Phi) is 4.62. The monoisotopic (exact) mass is 359 g/mol. The first kappa shape index (κ1) is 14.5. The van der Waals surface area contributed by atoms with Crippen LogP contribution in [0.15, 0.2) is 57.9 Å². The van der Waals surface area contributed by atoms with Gasteiger partial charge in [-0.05, 0) is 39.7 Å². The van der Waals surface area contributed by atoms with Crippen LogP contribution < -0.4 is 4.72 Å². The molecule has 0 aliphatic rings. The van der Waals surface area contributed by atoms with Crippen LogP contribution in [0.25, 0.3) is 0 Å². The molecule has 2 aromatic carbocycles. The predicted octanol–water partition coefficient (Wildman–Crippen LogP) is 3.58. The van der Waals surface area contributed by atoms with Gasteiger partial charge in [0.15, 0.2) is 0 Å². The van der Waals surface area contributed by atoms with Crippen molar-refractivity contribution in [2.45, 2.75) is 11.4 Å². The molecule has 0 bridgehead atoms. The minimum absolute atomic E-state index is 0.150. The summed E-state index contributed by atoms with van der Waals surface area (Å²) in [6, 6.07) is 13.8. The smallest absolute Gasteiger partial charge is 0.207 e. The lowest BCUT2D eigenvalue weighted by Crippen LogP contribution is -2.23. The molecule has 0 atom stereocenters. The second-order valence-electron chi connectivity index (χ2n) is 3.89. The summed E-state index contributed by atoms with van der Waals surface area (Å²) in [5.74, 6) is 0. The molecule has 0 aliphatic carbocycles. The first-order valence-corrected chi connectivity index (χ1v) is 8.13. The fourth-order valence-corrected chi connectivity index (χ4v) is 3.04. The van der Waals surface area contributed by atoms with Crippen molar-refractivity contribution in [2.24, 2.45) is 0 Å². The second-order valence-corrected chi connectivity index (χ2v) is 6.91. The van der Waals surface area contributed by atoms with Crippen LogP contribution in [-0.4, -0.2) is 8.42 Å². The second kappa shape index (κ2) is 6.05. The van der Waals surface area contributed by atoms with Gasteiger partial charge in [0, 0.05) is 11.0 Å². The zero-order chi connectivity index (χ0) is 13.9. The Hall–Kier alpha value is -0.880. The van der Waals surface area contributed by atoms with Gasteiger partial charge in [-0.25, -0.2) is 13.1 Å². The molecule has 2 aromatic rings. The van der Waals surface area contributed by atoms with Crippen LogP contribution >= 0.6 is 27.5 Å². The molecule has 0 spiro atoms. The van der Waals surface area contributed by atoms with Crippen LogP contribution in [0.4, 0.5) is 0 Å². The van der Waals surface area contributed by atoms with Crippen molar-refractivity contribution in [1.29, 1.82) is 0 Å². The lowest BCUT2D eigenvalue weighted by molar-refractivity contribution is 0.581. The molecule has 1 N–H and O–H groups in total. The lowest BCUT2D eigenvalue weighted by Gasteiger charge is -2.07. The molecule has 3 nitrogen and oxygen atoms in total.